The molecule has 0 aromatic heterocycles. The second-order valence-electron chi connectivity index (χ2n) is 5.52. The molecular formula is C12H19NO3S. The Labute approximate surface area is 106 Å². The number of amides is 2. The van der Waals surface area contributed by atoms with E-state index in [-0.39, 0.29) is 47.0 Å². The second kappa shape index (κ2) is 3.99. The number of nitrogens with zero attached hydrogens (tertiary/aromatic N) is 1. The van der Waals surface area contributed by atoms with Crippen molar-refractivity contribution in [3.05, 3.63) is 0 Å². The zero-order chi connectivity index (χ0) is 13.0. The molecule has 5 heteroatoms. The summed E-state index contributed by atoms with van der Waals surface area (Å²) >= 11 is 1.49. The van der Waals surface area contributed by atoms with Gasteiger partial charge in [0.1, 0.15) is 0 Å². The van der Waals surface area contributed by atoms with E-state index >= 15 is 0 Å². The smallest absolute Gasteiger partial charge is 0.233 e. The third-order valence-corrected chi connectivity index (χ3v) is 5.41. The SMILES string of the molecule is CSC(CO)C(C)N1C(=O)C2C(C1=O)C2(C)C. The number of hydrogen-bond acceptors (Lipinski definition) is 4. The Morgan fingerprint density at radius 1 is 1.35 bits per heavy atom. The minimum Gasteiger partial charge on any atom is -0.395 e. The zero-order valence-corrected chi connectivity index (χ0v) is 11.5. The highest BCUT2D eigenvalue weighted by Crippen LogP contribution is 2.63. The average molecular weight is 257 g/mol. The molecule has 1 aliphatic carbocycles. The van der Waals surface area contributed by atoms with Crippen molar-refractivity contribution in [2.45, 2.75) is 32.1 Å². The Balaban J connectivity index is 2.16. The average Bonchev–Trinajstić information content (AvgIpc) is 2.70. The number of carbonyl (C=O) groups excluding carboxylic acids is 2. The van der Waals surface area contributed by atoms with Crippen LogP contribution in [0.15, 0.2) is 0 Å². The van der Waals surface area contributed by atoms with Crippen LogP contribution in [-0.4, -0.2) is 46.0 Å². The molecule has 2 amide bonds. The molecule has 4 atom stereocenters. The summed E-state index contributed by atoms with van der Waals surface area (Å²) in [7, 11) is 0. The van der Waals surface area contributed by atoms with E-state index in [2.05, 4.69) is 0 Å². The van der Waals surface area contributed by atoms with Gasteiger partial charge in [-0.2, -0.15) is 11.8 Å². The highest BCUT2D eigenvalue weighted by molar-refractivity contribution is 7.99. The normalized spacial score (nSPS) is 33.6. The summed E-state index contributed by atoms with van der Waals surface area (Å²) in [6.45, 7) is 5.76. The van der Waals surface area contributed by atoms with Crippen LogP contribution in [0.5, 0.6) is 0 Å². The molecule has 96 valence electrons. The van der Waals surface area contributed by atoms with Crippen LogP contribution in [0, 0.1) is 17.3 Å². The molecule has 0 aromatic rings. The van der Waals surface area contributed by atoms with Crippen molar-refractivity contribution in [2.75, 3.05) is 12.9 Å². The molecule has 1 aliphatic heterocycles. The lowest BCUT2D eigenvalue weighted by Crippen LogP contribution is -2.48. The van der Waals surface area contributed by atoms with E-state index in [1.165, 1.54) is 16.7 Å². The number of likely N-dealkylation sites (tertiary alicyclic amines) is 1. The molecule has 2 aliphatic rings. The molecule has 0 radical (unpaired) electrons. The van der Waals surface area contributed by atoms with Gasteiger partial charge in [0.25, 0.3) is 0 Å². The number of piperidine rings is 1. The van der Waals surface area contributed by atoms with Gasteiger partial charge in [-0.1, -0.05) is 13.8 Å². The van der Waals surface area contributed by atoms with Crippen LogP contribution in [-0.2, 0) is 9.59 Å². The summed E-state index contributed by atoms with van der Waals surface area (Å²) in [5.74, 6) is -0.354. The number of hydrogen-bond donors (Lipinski definition) is 1. The van der Waals surface area contributed by atoms with E-state index in [1.54, 1.807) is 0 Å². The molecule has 0 aromatic carbocycles. The first-order valence-electron chi connectivity index (χ1n) is 5.88. The standard InChI is InChI=1S/C12H19NO3S/c1-6(7(5-14)17-4)13-10(15)8-9(11(13)16)12(8,2)3/h6-9,14H,5H2,1-4H3. The largest absolute Gasteiger partial charge is 0.395 e. The lowest BCUT2D eigenvalue weighted by atomic mass is 10.0. The van der Waals surface area contributed by atoms with Gasteiger partial charge in [0.2, 0.25) is 11.8 Å². The van der Waals surface area contributed by atoms with Gasteiger partial charge in [0.15, 0.2) is 0 Å². The van der Waals surface area contributed by atoms with Gasteiger partial charge < -0.3 is 5.11 Å². The maximum Gasteiger partial charge on any atom is 0.233 e. The predicted octanol–water partition coefficient (Wildman–Crippen LogP) is 0.740. The molecule has 1 N–H and O–H groups in total. The number of fused-ring (bicyclic) bond motifs is 1. The van der Waals surface area contributed by atoms with Crippen molar-refractivity contribution in [3.63, 3.8) is 0 Å². The predicted molar refractivity (Wildman–Crippen MR) is 66.5 cm³/mol. The summed E-state index contributed by atoms with van der Waals surface area (Å²) < 4.78 is 0. The number of rotatable bonds is 4. The van der Waals surface area contributed by atoms with Crippen LogP contribution in [0.3, 0.4) is 0 Å². The molecule has 0 bridgehead atoms. The molecule has 17 heavy (non-hydrogen) atoms. The number of aliphatic hydroxyl groups is 1. The Bertz CT molecular complexity index is 341. The first-order valence-corrected chi connectivity index (χ1v) is 7.17. The van der Waals surface area contributed by atoms with Gasteiger partial charge in [-0.25, -0.2) is 0 Å². The number of aliphatic hydroxyl groups excluding tert-OH is 1. The second-order valence-corrected chi connectivity index (χ2v) is 6.60. The van der Waals surface area contributed by atoms with Gasteiger partial charge in [-0.05, 0) is 18.6 Å². The monoisotopic (exact) mass is 257 g/mol. The van der Waals surface area contributed by atoms with Gasteiger partial charge in [0, 0.05) is 5.25 Å². The minimum atomic E-state index is -0.224. The van der Waals surface area contributed by atoms with Crippen LogP contribution in [0.25, 0.3) is 0 Å². The number of thioether (sulfide) groups is 1. The Kier molecular flexibility index (Phi) is 3.02. The fourth-order valence-corrected chi connectivity index (χ4v) is 3.62. The molecule has 2 rings (SSSR count). The molecular weight excluding hydrogens is 238 g/mol. The lowest BCUT2D eigenvalue weighted by molar-refractivity contribution is -0.145. The van der Waals surface area contributed by atoms with Crippen LogP contribution in [0.1, 0.15) is 20.8 Å². The van der Waals surface area contributed by atoms with Gasteiger partial charge >= 0.3 is 0 Å². The van der Waals surface area contributed by atoms with Crippen molar-refractivity contribution < 1.29 is 14.7 Å². The topological polar surface area (TPSA) is 57.6 Å². The molecule has 0 spiro atoms. The van der Waals surface area contributed by atoms with E-state index < -0.39 is 0 Å². The molecule has 1 saturated carbocycles. The van der Waals surface area contributed by atoms with Crippen molar-refractivity contribution in [3.8, 4) is 0 Å². The molecule has 2 fully saturated rings. The van der Waals surface area contributed by atoms with Crippen LogP contribution in [0.2, 0.25) is 0 Å². The molecule has 1 saturated heterocycles. The Hall–Kier alpha value is -0.550. The molecule has 4 nitrogen and oxygen atoms in total. The third-order valence-electron chi connectivity index (χ3n) is 4.26. The highest BCUT2D eigenvalue weighted by atomic mass is 32.2. The zero-order valence-electron chi connectivity index (χ0n) is 10.6. The van der Waals surface area contributed by atoms with Crippen molar-refractivity contribution in [1.29, 1.82) is 0 Å². The summed E-state index contributed by atoms with van der Waals surface area (Å²) in [6.07, 6.45) is 1.88. The lowest BCUT2D eigenvalue weighted by Gasteiger charge is -2.31. The van der Waals surface area contributed by atoms with E-state index in [0.717, 1.165) is 0 Å². The number of carbonyl (C=O) groups is 2. The summed E-state index contributed by atoms with van der Waals surface area (Å²) in [4.78, 5) is 25.7. The summed E-state index contributed by atoms with van der Waals surface area (Å²) in [6, 6.07) is -0.224. The van der Waals surface area contributed by atoms with Crippen LogP contribution < -0.4 is 0 Å². The first kappa shape index (κ1) is 12.9. The van der Waals surface area contributed by atoms with Crippen molar-refractivity contribution in [1.82, 2.24) is 4.90 Å². The maximum atomic E-state index is 12.2. The van der Waals surface area contributed by atoms with E-state index in [9.17, 15) is 14.7 Å². The fraction of sp³-hybridized carbons (Fsp3) is 0.833. The molecule has 4 unspecified atom stereocenters. The maximum absolute atomic E-state index is 12.2. The minimum absolute atomic E-state index is 0.0158. The fourth-order valence-electron chi connectivity index (χ4n) is 2.96. The summed E-state index contributed by atoms with van der Waals surface area (Å²) in [5.41, 5.74) is -0.154. The van der Waals surface area contributed by atoms with E-state index in [4.69, 9.17) is 0 Å². The third kappa shape index (κ3) is 1.63. The Morgan fingerprint density at radius 3 is 2.18 bits per heavy atom. The van der Waals surface area contributed by atoms with Crippen molar-refractivity contribution in [2.24, 2.45) is 17.3 Å². The summed E-state index contributed by atoms with van der Waals surface area (Å²) in [5, 5.41) is 9.15. The van der Waals surface area contributed by atoms with Crippen LogP contribution >= 0.6 is 11.8 Å². The van der Waals surface area contributed by atoms with Crippen molar-refractivity contribution >= 4 is 23.6 Å². The highest BCUT2D eigenvalue weighted by Gasteiger charge is 2.73. The quantitative estimate of drug-likeness (QED) is 0.755. The first-order chi connectivity index (χ1) is 7.87. The van der Waals surface area contributed by atoms with Gasteiger partial charge in [0.05, 0.1) is 24.5 Å². The van der Waals surface area contributed by atoms with E-state index in [1.807, 2.05) is 27.0 Å². The Morgan fingerprint density at radius 2 is 1.82 bits per heavy atom. The number of imide groups is 1. The van der Waals surface area contributed by atoms with Gasteiger partial charge in [-0.3, -0.25) is 14.5 Å². The van der Waals surface area contributed by atoms with Gasteiger partial charge in [-0.15, -0.1) is 0 Å². The van der Waals surface area contributed by atoms with E-state index in [0.29, 0.717) is 0 Å². The van der Waals surface area contributed by atoms with Crippen LogP contribution in [0.4, 0.5) is 0 Å². The molecule has 1 heterocycles.